The number of hydrogen-bond donors (Lipinski definition) is 1. The van der Waals surface area contributed by atoms with Gasteiger partial charge in [0.1, 0.15) is 6.07 Å². The van der Waals surface area contributed by atoms with Gasteiger partial charge < -0.3 is 5.32 Å². The van der Waals surface area contributed by atoms with Crippen molar-refractivity contribution in [3.05, 3.63) is 47.4 Å². The topological polar surface area (TPSA) is 74.5 Å². The minimum atomic E-state index is 0.488. The highest BCUT2D eigenvalue weighted by molar-refractivity contribution is 5.50. The second-order valence-electron chi connectivity index (χ2n) is 3.56. The van der Waals surface area contributed by atoms with E-state index in [0.717, 1.165) is 11.1 Å². The molecule has 5 nitrogen and oxygen atoms in total. The maximum Gasteiger partial charge on any atom is 0.166 e. The number of hydrogen-bond acceptors (Lipinski definition) is 5. The number of aromatic nitrogens is 3. The Labute approximate surface area is 99.2 Å². The summed E-state index contributed by atoms with van der Waals surface area (Å²) in [6.07, 6.45) is 5.05. The first-order chi connectivity index (χ1) is 8.31. The van der Waals surface area contributed by atoms with E-state index in [1.165, 1.54) is 6.20 Å². The fourth-order valence-electron chi connectivity index (χ4n) is 1.41. The SMILES string of the molecule is Cc1ccncc1CNc1nnccc1C#N. The van der Waals surface area contributed by atoms with E-state index in [1.807, 2.05) is 13.0 Å². The van der Waals surface area contributed by atoms with E-state index in [2.05, 4.69) is 26.6 Å². The van der Waals surface area contributed by atoms with Gasteiger partial charge in [0.05, 0.1) is 11.8 Å². The van der Waals surface area contributed by atoms with Crippen LogP contribution in [-0.2, 0) is 6.54 Å². The van der Waals surface area contributed by atoms with E-state index in [4.69, 9.17) is 5.26 Å². The molecule has 0 unspecified atom stereocenters. The minimum absolute atomic E-state index is 0.488. The second kappa shape index (κ2) is 5.03. The molecule has 2 heterocycles. The Bertz CT molecular complexity index is 559. The highest BCUT2D eigenvalue weighted by atomic mass is 15.2. The summed E-state index contributed by atoms with van der Waals surface area (Å²) >= 11 is 0. The minimum Gasteiger partial charge on any atom is -0.363 e. The van der Waals surface area contributed by atoms with E-state index in [1.54, 1.807) is 18.5 Å². The Morgan fingerprint density at radius 1 is 1.35 bits per heavy atom. The van der Waals surface area contributed by atoms with Crippen LogP contribution in [0.3, 0.4) is 0 Å². The van der Waals surface area contributed by atoms with Gasteiger partial charge in [0.2, 0.25) is 0 Å². The lowest BCUT2D eigenvalue weighted by atomic mass is 10.1. The molecule has 0 radical (unpaired) electrons. The molecular formula is C12H11N5. The van der Waals surface area contributed by atoms with Crippen molar-refractivity contribution in [2.24, 2.45) is 0 Å². The van der Waals surface area contributed by atoms with Gasteiger partial charge in [-0.1, -0.05) is 0 Å². The van der Waals surface area contributed by atoms with Gasteiger partial charge in [0.25, 0.3) is 0 Å². The van der Waals surface area contributed by atoms with Crippen molar-refractivity contribution < 1.29 is 0 Å². The molecule has 0 spiro atoms. The van der Waals surface area contributed by atoms with E-state index in [-0.39, 0.29) is 0 Å². The van der Waals surface area contributed by atoms with Gasteiger partial charge in [-0.3, -0.25) is 4.98 Å². The zero-order chi connectivity index (χ0) is 12.1. The summed E-state index contributed by atoms with van der Waals surface area (Å²) in [5, 5.41) is 19.6. The molecule has 0 atom stereocenters. The molecule has 0 aliphatic carbocycles. The molecule has 0 saturated carbocycles. The quantitative estimate of drug-likeness (QED) is 0.859. The maximum atomic E-state index is 8.90. The van der Waals surface area contributed by atoms with Gasteiger partial charge in [-0.25, -0.2) is 0 Å². The average molecular weight is 225 g/mol. The van der Waals surface area contributed by atoms with Crippen molar-refractivity contribution in [1.29, 1.82) is 5.26 Å². The van der Waals surface area contributed by atoms with Crippen LogP contribution < -0.4 is 5.32 Å². The Hall–Kier alpha value is -2.48. The fraction of sp³-hybridized carbons (Fsp3) is 0.167. The van der Waals surface area contributed by atoms with Crippen molar-refractivity contribution in [1.82, 2.24) is 15.2 Å². The zero-order valence-corrected chi connectivity index (χ0v) is 9.38. The van der Waals surface area contributed by atoms with Crippen LogP contribution >= 0.6 is 0 Å². The van der Waals surface area contributed by atoms with Gasteiger partial charge >= 0.3 is 0 Å². The largest absolute Gasteiger partial charge is 0.363 e. The van der Waals surface area contributed by atoms with Gasteiger partial charge in [0, 0.05) is 18.9 Å². The van der Waals surface area contributed by atoms with Gasteiger partial charge in [-0.2, -0.15) is 10.4 Å². The number of aryl methyl sites for hydroxylation is 1. The van der Waals surface area contributed by atoms with Crippen LogP contribution in [-0.4, -0.2) is 15.2 Å². The molecule has 0 bridgehead atoms. The smallest absolute Gasteiger partial charge is 0.166 e. The normalized spacial score (nSPS) is 9.65. The molecule has 0 saturated heterocycles. The van der Waals surface area contributed by atoms with Crippen molar-refractivity contribution >= 4 is 5.82 Å². The summed E-state index contributed by atoms with van der Waals surface area (Å²) in [6, 6.07) is 5.64. The van der Waals surface area contributed by atoms with Crippen molar-refractivity contribution in [3.8, 4) is 6.07 Å². The summed E-state index contributed by atoms with van der Waals surface area (Å²) in [7, 11) is 0. The molecule has 2 aromatic heterocycles. The third kappa shape index (κ3) is 2.55. The summed E-state index contributed by atoms with van der Waals surface area (Å²) in [5.41, 5.74) is 2.71. The van der Waals surface area contributed by atoms with Crippen LogP contribution in [0.15, 0.2) is 30.7 Å². The predicted octanol–water partition coefficient (Wildman–Crippen LogP) is 1.66. The van der Waals surface area contributed by atoms with Crippen molar-refractivity contribution in [2.45, 2.75) is 13.5 Å². The van der Waals surface area contributed by atoms with Crippen LogP contribution in [0.5, 0.6) is 0 Å². The van der Waals surface area contributed by atoms with Crippen LogP contribution in [0, 0.1) is 18.3 Å². The van der Waals surface area contributed by atoms with Crippen molar-refractivity contribution in [3.63, 3.8) is 0 Å². The van der Waals surface area contributed by atoms with Crippen LogP contribution in [0.25, 0.3) is 0 Å². The number of pyridine rings is 1. The molecule has 0 amide bonds. The Kier molecular flexibility index (Phi) is 3.26. The number of nitrogens with one attached hydrogen (secondary N) is 1. The molecule has 17 heavy (non-hydrogen) atoms. The first kappa shape index (κ1) is 11.0. The van der Waals surface area contributed by atoms with E-state index in [9.17, 15) is 0 Å². The van der Waals surface area contributed by atoms with Crippen LogP contribution in [0.2, 0.25) is 0 Å². The number of nitriles is 1. The first-order valence-corrected chi connectivity index (χ1v) is 5.16. The van der Waals surface area contributed by atoms with Crippen LogP contribution in [0.4, 0.5) is 5.82 Å². The lowest BCUT2D eigenvalue weighted by molar-refractivity contribution is 0.985. The molecule has 84 valence electrons. The number of rotatable bonds is 3. The first-order valence-electron chi connectivity index (χ1n) is 5.16. The monoisotopic (exact) mass is 225 g/mol. The predicted molar refractivity (Wildman–Crippen MR) is 63.0 cm³/mol. The standard InChI is InChI=1S/C12H11N5/c1-9-2-4-14-7-11(9)8-15-12-10(6-13)3-5-16-17-12/h2-5,7H,8H2,1H3,(H,15,17). The third-order valence-corrected chi connectivity index (χ3v) is 2.43. The lowest BCUT2D eigenvalue weighted by Gasteiger charge is -2.07. The highest BCUT2D eigenvalue weighted by Gasteiger charge is 2.03. The molecule has 0 aliphatic heterocycles. The molecular weight excluding hydrogens is 214 g/mol. The molecule has 0 aromatic carbocycles. The van der Waals surface area contributed by atoms with E-state index >= 15 is 0 Å². The van der Waals surface area contributed by atoms with Gasteiger partial charge in [0.15, 0.2) is 5.82 Å². The summed E-state index contributed by atoms with van der Waals surface area (Å²) in [6.45, 7) is 2.59. The van der Waals surface area contributed by atoms with E-state index in [0.29, 0.717) is 17.9 Å². The Morgan fingerprint density at radius 3 is 3.00 bits per heavy atom. The number of nitrogens with zero attached hydrogens (tertiary/aromatic N) is 4. The molecule has 0 fully saturated rings. The fourth-order valence-corrected chi connectivity index (χ4v) is 1.41. The zero-order valence-electron chi connectivity index (χ0n) is 9.38. The molecule has 5 heteroatoms. The Morgan fingerprint density at radius 2 is 2.24 bits per heavy atom. The van der Waals surface area contributed by atoms with Gasteiger partial charge in [-0.05, 0) is 30.2 Å². The lowest BCUT2D eigenvalue weighted by Crippen LogP contribution is -2.05. The Balaban J connectivity index is 2.13. The molecule has 1 N–H and O–H groups in total. The second-order valence-corrected chi connectivity index (χ2v) is 3.56. The molecule has 2 aromatic rings. The molecule has 0 aliphatic rings. The van der Waals surface area contributed by atoms with Gasteiger partial charge in [-0.15, -0.1) is 5.10 Å². The summed E-state index contributed by atoms with van der Waals surface area (Å²) < 4.78 is 0. The average Bonchev–Trinajstić information content (AvgIpc) is 2.38. The van der Waals surface area contributed by atoms with Crippen LogP contribution in [0.1, 0.15) is 16.7 Å². The maximum absolute atomic E-state index is 8.90. The summed E-state index contributed by atoms with van der Waals surface area (Å²) in [5.74, 6) is 0.498. The number of anilines is 1. The van der Waals surface area contributed by atoms with E-state index < -0.39 is 0 Å². The summed E-state index contributed by atoms with van der Waals surface area (Å²) in [4.78, 5) is 4.06. The highest BCUT2D eigenvalue weighted by Crippen LogP contribution is 2.11. The third-order valence-electron chi connectivity index (χ3n) is 2.43. The molecule has 2 rings (SSSR count). The van der Waals surface area contributed by atoms with Crippen molar-refractivity contribution in [2.75, 3.05) is 5.32 Å².